The number of hydrogen-bond donors (Lipinski definition) is 1. The van der Waals surface area contributed by atoms with Crippen molar-refractivity contribution in [3.63, 3.8) is 0 Å². The predicted molar refractivity (Wildman–Crippen MR) is 102 cm³/mol. The van der Waals surface area contributed by atoms with E-state index in [9.17, 15) is 4.79 Å². The summed E-state index contributed by atoms with van der Waals surface area (Å²) in [4.78, 5) is 12.4. The summed E-state index contributed by atoms with van der Waals surface area (Å²) in [6, 6.07) is 10.5. The minimum absolute atomic E-state index is 0.132. The number of para-hydroxylation sites is 1. The maximum absolute atomic E-state index is 12.4. The molecule has 1 N–H and O–H groups in total. The van der Waals surface area contributed by atoms with Crippen molar-refractivity contribution in [1.82, 2.24) is 5.43 Å². The molecule has 0 saturated carbocycles. The van der Waals surface area contributed by atoms with Crippen molar-refractivity contribution >= 4 is 23.1 Å². The molecule has 0 aliphatic carbocycles. The van der Waals surface area contributed by atoms with Crippen molar-refractivity contribution in [3.8, 4) is 23.0 Å². The highest BCUT2D eigenvalue weighted by molar-refractivity contribution is 5.97. The van der Waals surface area contributed by atoms with Crippen LogP contribution < -0.4 is 24.4 Å². The van der Waals surface area contributed by atoms with E-state index in [0.717, 1.165) is 5.39 Å². The van der Waals surface area contributed by atoms with Crippen LogP contribution in [0.2, 0.25) is 0 Å². The van der Waals surface area contributed by atoms with Crippen LogP contribution in [0.3, 0.4) is 0 Å². The number of rotatable bonds is 6. The number of hydrazone groups is 1. The van der Waals surface area contributed by atoms with Gasteiger partial charge in [-0.05, 0) is 25.1 Å². The van der Waals surface area contributed by atoms with E-state index >= 15 is 0 Å². The van der Waals surface area contributed by atoms with E-state index in [1.54, 1.807) is 31.4 Å². The molecule has 2 heterocycles. The Hall–Kier alpha value is -3.68. The molecule has 0 saturated heterocycles. The quantitative estimate of drug-likeness (QED) is 0.519. The molecule has 1 amide bonds. The zero-order chi connectivity index (χ0) is 19.5. The van der Waals surface area contributed by atoms with E-state index in [1.807, 2.05) is 19.1 Å². The number of amides is 1. The lowest BCUT2D eigenvalue weighted by molar-refractivity contribution is 0.0929. The van der Waals surface area contributed by atoms with Crippen molar-refractivity contribution in [1.29, 1.82) is 0 Å². The van der Waals surface area contributed by atoms with E-state index in [0.29, 0.717) is 40.8 Å². The summed E-state index contributed by atoms with van der Waals surface area (Å²) in [5, 5.41) is 4.77. The fraction of sp³-hybridized carbons (Fsp3) is 0.200. The molecule has 2 aromatic carbocycles. The van der Waals surface area contributed by atoms with Crippen molar-refractivity contribution in [2.75, 3.05) is 20.5 Å². The maximum Gasteiger partial charge on any atom is 0.307 e. The van der Waals surface area contributed by atoms with Crippen LogP contribution in [0.25, 0.3) is 11.0 Å². The number of benzene rings is 2. The first-order valence-corrected chi connectivity index (χ1v) is 8.66. The number of carbonyl (C=O) groups excluding carboxylic acids is 1. The van der Waals surface area contributed by atoms with Gasteiger partial charge in [-0.25, -0.2) is 5.43 Å². The highest BCUT2D eigenvalue weighted by Crippen LogP contribution is 2.37. The molecule has 0 bridgehead atoms. The van der Waals surface area contributed by atoms with E-state index in [2.05, 4.69) is 10.5 Å². The standard InChI is InChI=1S/C20H18N2O6/c1-3-25-15-9-17-16(26-11-27-17)8-13(15)10-21-22-20(23)18-7-12-5-4-6-14(24-2)19(12)28-18/h4-10H,3,11H2,1-2H3,(H,22,23). The number of nitrogens with one attached hydrogen (secondary N) is 1. The second-order valence-electron chi connectivity index (χ2n) is 5.86. The molecule has 0 unspecified atom stereocenters. The smallest absolute Gasteiger partial charge is 0.307 e. The van der Waals surface area contributed by atoms with Crippen molar-refractivity contribution in [2.24, 2.45) is 5.10 Å². The molecule has 1 aliphatic heterocycles. The zero-order valence-electron chi connectivity index (χ0n) is 15.4. The number of ether oxygens (including phenoxy) is 4. The normalized spacial score (nSPS) is 12.5. The van der Waals surface area contributed by atoms with E-state index in [4.69, 9.17) is 23.4 Å². The van der Waals surface area contributed by atoms with Gasteiger partial charge in [0, 0.05) is 17.0 Å². The van der Waals surface area contributed by atoms with Crippen molar-refractivity contribution in [3.05, 3.63) is 47.7 Å². The molecule has 8 nitrogen and oxygen atoms in total. The van der Waals surface area contributed by atoms with Crippen LogP contribution >= 0.6 is 0 Å². The molecule has 1 aliphatic rings. The second-order valence-corrected chi connectivity index (χ2v) is 5.86. The first-order valence-electron chi connectivity index (χ1n) is 8.66. The van der Waals surface area contributed by atoms with Gasteiger partial charge >= 0.3 is 5.91 Å². The fourth-order valence-electron chi connectivity index (χ4n) is 2.84. The van der Waals surface area contributed by atoms with Gasteiger partial charge in [0.25, 0.3) is 0 Å². The van der Waals surface area contributed by atoms with Gasteiger partial charge in [0.15, 0.2) is 28.6 Å². The van der Waals surface area contributed by atoms with Gasteiger partial charge in [0.1, 0.15) is 5.75 Å². The predicted octanol–water partition coefficient (Wildman–Crippen LogP) is 3.33. The Bertz CT molecular complexity index is 1060. The minimum Gasteiger partial charge on any atom is -0.493 e. The molecule has 0 radical (unpaired) electrons. The van der Waals surface area contributed by atoms with Crippen LogP contribution in [-0.4, -0.2) is 32.6 Å². The van der Waals surface area contributed by atoms with E-state index < -0.39 is 5.91 Å². The topological polar surface area (TPSA) is 91.5 Å². The monoisotopic (exact) mass is 382 g/mol. The lowest BCUT2D eigenvalue weighted by Crippen LogP contribution is -2.16. The molecular formula is C20H18N2O6. The van der Waals surface area contributed by atoms with Gasteiger partial charge in [0.2, 0.25) is 6.79 Å². The Kier molecular flexibility index (Phi) is 4.76. The molecule has 144 valence electrons. The Labute approximate surface area is 160 Å². The highest BCUT2D eigenvalue weighted by Gasteiger charge is 2.18. The van der Waals surface area contributed by atoms with Gasteiger partial charge in [-0.1, -0.05) is 12.1 Å². The Morgan fingerprint density at radius 3 is 2.82 bits per heavy atom. The number of fused-ring (bicyclic) bond motifs is 2. The largest absolute Gasteiger partial charge is 0.493 e. The lowest BCUT2D eigenvalue weighted by Gasteiger charge is -2.08. The third kappa shape index (κ3) is 3.32. The SMILES string of the molecule is CCOc1cc2c(cc1C=NNC(=O)c1cc3cccc(OC)c3o1)OCO2. The molecule has 8 heteroatoms. The minimum atomic E-state index is -0.479. The van der Waals surface area contributed by atoms with Gasteiger partial charge < -0.3 is 23.4 Å². The Balaban J connectivity index is 1.53. The zero-order valence-corrected chi connectivity index (χ0v) is 15.4. The molecule has 1 aromatic heterocycles. The van der Waals surface area contributed by atoms with Crippen LogP contribution in [0.1, 0.15) is 23.0 Å². The molecule has 4 rings (SSSR count). The number of carbonyl (C=O) groups is 1. The Morgan fingerprint density at radius 1 is 1.21 bits per heavy atom. The van der Waals surface area contributed by atoms with Crippen LogP contribution in [0, 0.1) is 0 Å². The fourth-order valence-corrected chi connectivity index (χ4v) is 2.84. The van der Waals surface area contributed by atoms with Gasteiger partial charge in [0.05, 0.1) is 19.9 Å². The van der Waals surface area contributed by atoms with Gasteiger partial charge in [-0.2, -0.15) is 5.10 Å². The summed E-state index contributed by atoms with van der Waals surface area (Å²) in [5.74, 6) is 2.00. The molecule has 3 aromatic rings. The summed E-state index contributed by atoms with van der Waals surface area (Å²) >= 11 is 0. The molecule has 0 fully saturated rings. The summed E-state index contributed by atoms with van der Waals surface area (Å²) in [7, 11) is 1.54. The third-order valence-corrected chi connectivity index (χ3v) is 4.13. The van der Waals surface area contributed by atoms with E-state index in [1.165, 1.54) is 6.21 Å². The average molecular weight is 382 g/mol. The maximum atomic E-state index is 12.4. The second kappa shape index (κ2) is 7.51. The first-order chi connectivity index (χ1) is 13.7. The van der Waals surface area contributed by atoms with Crippen molar-refractivity contribution < 1.29 is 28.2 Å². The van der Waals surface area contributed by atoms with Gasteiger partial charge in [-0.15, -0.1) is 0 Å². The highest BCUT2D eigenvalue weighted by atomic mass is 16.7. The molecule has 0 spiro atoms. The summed E-state index contributed by atoms with van der Waals surface area (Å²) in [6.07, 6.45) is 1.48. The average Bonchev–Trinajstić information content (AvgIpc) is 3.34. The number of nitrogens with zero attached hydrogens (tertiary/aromatic N) is 1. The number of methoxy groups -OCH3 is 1. The molecule has 0 atom stereocenters. The van der Waals surface area contributed by atoms with Crippen molar-refractivity contribution in [2.45, 2.75) is 6.92 Å². The summed E-state index contributed by atoms with van der Waals surface area (Å²) in [5.41, 5.74) is 3.61. The van der Waals surface area contributed by atoms with Gasteiger partial charge in [-0.3, -0.25) is 4.79 Å². The summed E-state index contributed by atoms with van der Waals surface area (Å²) < 4.78 is 27.2. The Morgan fingerprint density at radius 2 is 2.04 bits per heavy atom. The third-order valence-electron chi connectivity index (χ3n) is 4.13. The van der Waals surface area contributed by atoms with Crippen LogP contribution in [0.15, 0.2) is 45.9 Å². The first kappa shape index (κ1) is 17.7. The van der Waals surface area contributed by atoms with E-state index in [-0.39, 0.29) is 12.6 Å². The van der Waals surface area contributed by atoms with Crippen LogP contribution in [-0.2, 0) is 0 Å². The van der Waals surface area contributed by atoms with Crippen LogP contribution in [0.4, 0.5) is 0 Å². The molecule has 28 heavy (non-hydrogen) atoms. The number of furan rings is 1. The number of hydrogen-bond acceptors (Lipinski definition) is 7. The summed E-state index contributed by atoms with van der Waals surface area (Å²) in [6.45, 7) is 2.52. The lowest BCUT2D eigenvalue weighted by atomic mass is 10.2. The molecular weight excluding hydrogens is 364 g/mol. The van der Waals surface area contributed by atoms with Crippen LogP contribution in [0.5, 0.6) is 23.0 Å².